The zero-order valence-electron chi connectivity index (χ0n) is 20.2. The van der Waals surface area contributed by atoms with Gasteiger partial charge in [0.05, 0.1) is 6.21 Å². The molecule has 0 aliphatic heterocycles. The van der Waals surface area contributed by atoms with Crippen LogP contribution in [0.5, 0.6) is 11.5 Å². The summed E-state index contributed by atoms with van der Waals surface area (Å²) in [6.45, 7) is 0.825. The molecule has 0 bridgehead atoms. The molecule has 0 heterocycles. The molecule has 0 fully saturated rings. The van der Waals surface area contributed by atoms with Crippen molar-refractivity contribution >= 4 is 12.1 Å². The van der Waals surface area contributed by atoms with E-state index in [4.69, 9.17) is 14.3 Å². The van der Waals surface area contributed by atoms with Crippen LogP contribution in [-0.2, 0) is 29.4 Å². The summed E-state index contributed by atoms with van der Waals surface area (Å²) in [6, 6.07) is 31.1. The lowest BCUT2D eigenvalue weighted by Gasteiger charge is -2.14. The van der Waals surface area contributed by atoms with Crippen LogP contribution in [0.25, 0.3) is 0 Å². The van der Waals surface area contributed by atoms with E-state index < -0.39 is 0 Å². The van der Waals surface area contributed by atoms with E-state index in [9.17, 15) is 9.18 Å². The summed E-state index contributed by atoms with van der Waals surface area (Å²) >= 11 is 0. The second kappa shape index (κ2) is 13.4. The summed E-state index contributed by atoms with van der Waals surface area (Å²) in [6.07, 6.45) is 1.50. The van der Waals surface area contributed by atoms with Gasteiger partial charge in [-0.2, -0.15) is 0 Å². The first kappa shape index (κ1) is 25.4. The third-order valence-electron chi connectivity index (χ3n) is 5.32. The van der Waals surface area contributed by atoms with Crippen LogP contribution in [-0.4, -0.2) is 18.7 Å². The number of carbonyl (C=O) groups excluding carboxylic acids is 1. The van der Waals surface area contributed by atoms with Gasteiger partial charge in [0.15, 0.2) is 18.1 Å². The van der Waals surface area contributed by atoms with E-state index in [0.717, 1.165) is 22.3 Å². The van der Waals surface area contributed by atoms with Gasteiger partial charge in [-0.1, -0.05) is 78.0 Å². The molecule has 4 rings (SSSR count). The molecule has 4 aromatic carbocycles. The minimum absolute atomic E-state index is 0.243. The second-order valence-electron chi connectivity index (χ2n) is 8.17. The summed E-state index contributed by atoms with van der Waals surface area (Å²) < 4.78 is 25.1. The van der Waals surface area contributed by atoms with E-state index in [2.05, 4.69) is 10.5 Å². The molecule has 7 heteroatoms. The third kappa shape index (κ3) is 8.50. The number of hydrogen-bond acceptors (Lipinski definition) is 5. The van der Waals surface area contributed by atoms with Gasteiger partial charge in [-0.05, 0) is 47.0 Å². The Hall–Kier alpha value is -4.65. The molecule has 0 aliphatic rings. The molecule has 0 saturated carbocycles. The van der Waals surface area contributed by atoms with Crippen molar-refractivity contribution in [2.75, 3.05) is 6.61 Å². The van der Waals surface area contributed by atoms with Crippen molar-refractivity contribution in [2.45, 2.75) is 19.8 Å². The summed E-state index contributed by atoms with van der Waals surface area (Å²) in [4.78, 5) is 17.1. The smallest absolute Gasteiger partial charge is 0.261 e. The fourth-order valence-corrected chi connectivity index (χ4v) is 3.36. The Morgan fingerprint density at radius 3 is 2.03 bits per heavy atom. The molecule has 0 atom stereocenters. The molecule has 1 N–H and O–H groups in total. The monoisotopic (exact) mass is 498 g/mol. The van der Waals surface area contributed by atoms with Crippen molar-refractivity contribution in [2.24, 2.45) is 5.16 Å². The summed E-state index contributed by atoms with van der Waals surface area (Å²) in [7, 11) is 0. The first-order valence-electron chi connectivity index (χ1n) is 11.8. The van der Waals surface area contributed by atoms with E-state index in [1.165, 1.54) is 18.3 Å². The Morgan fingerprint density at radius 2 is 1.38 bits per heavy atom. The maximum atomic E-state index is 13.0. The number of nitrogens with zero attached hydrogens (tertiary/aromatic N) is 1. The van der Waals surface area contributed by atoms with Gasteiger partial charge in [-0.15, -0.1) is 0 Å². The predicted octanol–water partition coefficient (Wildman–Crippen LogP) is 5.65. The number of rotatable bonds is 12. The molecule has 6 nitrogen and oxygen atoms in total. The maximum Gasteiger partial charge on any atom is 0.261 e. The molecule has 0 spiro atoms. The van der Waals surface area contributed by atoms with Crippen LogP contribution in [0, 0.1) is 5.82 Å². The number of amides is 1. The van der Waals surface area contributed by atoms with Crippen LogP contribution in [0.2, 0.25) is 0 Å². The van der Waals surface area contributed by atoms with E-state index in [0.29, 0.717) is 24.7 Å². The van der Waals surface area contributed by atoms with Gasteiger partial charge in [-0.25, -0.2) is 4.39 Å². The predicted molar refractivity (Wildman–Crippen MR) is 140 cm³/mol. The minimum atomic E-state index is -0.335. The Labute approximate surface area is 215 Å². The van der Waals surface area contributed by atoms with E-state index in [1.54, 1.807) is 12.1 Å². The highest BCUT2D eigenvalue weighted by molar-refractivity contribution is 5.81. The van der Waals surface area contributed by atoms with Gasteiger partial charge in [0.1, 0.15) is 19.0 Å². The van der Waals surface area contributed by atoms with Gasteiger partial charge >= 0.3 is 0 Å². The van der Waals surface area contributed by atoms with Crippen LogP contribution < -0.4 is 14.8 Å². The minimum Gasteiger partial charge on any atom is -0.485 e. The Kier molecular flexibility index (Phi) is 9.24. The highest BCUT2D eigenvalue weighted by Gasteiger charge is 2.08. The molecule has 1 amide bonds. The zero-order chi connectivity index (χ0) is 25.7. The molecule has 0 saturated heterocycles. The maximum absolute atomic E-state index is 13.0. The van der Waals surface area contributed by atoms with Gasteiger partial charge in [0.25, 0.3) is 5.91 Å². The fourth-order valence-electron chi connectivity index (χ4n) is 3.36. The van der Waals surface area contributed by atoms with Crippen LogP contribution in [0.1, 0.15) is 22.3 Å². The SMILES string of the molecule is O=C(CO/N=C/c1ccc(OCc2ccccc2)c(OCc2ccccc2)c1)NCc1ccc(F)cc1. The molecule has 4 aromatic rings. The lowest BCUT2D eigenvalue weighted by Crippen LogP contribution is -2.26. The number of benzene rings is 4. The average molecular weight is 499 g/mol. The van der Waals surface area contributed by atoms with Crippen LogP contribution in [0.15, 0.2) is 108 Å². The van der Waals surface area contributed by atoms with Crippen molar-refractivity contribution in [1.29, 1.82) is 0 Å². The number of carbonyl (C=O) groups is 1. The highest BCUT2D eigenvalue weighted by Crippen LogP contribution is 2.29. The van der Waals surface area contributed by atoms with Crippen molar-refractivity contribution in [3.8, 4) is 11.5 Å². The highest BCUT2D eigenvalue weighted by atomic mass is 19.1. The lowest BCUT2D eigenvalue weighted by atomic mass is 10.2. The van der Waals surface area contributed by atoms with Crippen molar-refractivity contribution in [3.63, 3.8) is 0 Å². The van der Waals surface area contributed by atoms with Crippen LogP contribution in [0.3, 0.4) is 0 Å². The molecule has 0 aromatic heterocycles. The number of halogens is 1. The summed E-state index contributed by atoms with van der Waals surface area (Å²) in [5.74, 6) is 0.522. The fraction of sp³-hybridized carbons (Fsp3) is 0.133. The van der Waals surface area contributed by atoms with Crippen LogP contribution >= 0.6 is 0 Å². The quantitative estimate of drug-likeness (QED) is 0.202. The third-order valence-corrected chi connectivity index (χ3v) is 5.32. The number of nitrogens with one attached hydrogen (secondary N) is 1. The van der Waals surface area contributed by atoms with Crippen LogP contribution in [0.4, 0.5) is 4.39 Å². The topological polar surface area (TPSA) is 69.2 Å². The van der Waals surface area contributed by atoms with Crippen molar-refractivity contribution < 1.29 is 23.5 Å². The summed E-state index contributed by atoms with van der Waals surface area (Å²) in [5, 5.41) is 6.60. The second-order valence-corrected chi connectivity index (χ2v) is 8.17. The Balaban J connectivity index is 1.33. The van der Waals surface area contributed by atoms with E-state index >= 15 is 0 Å². The largest absolute Gasteiger partial charge is 0.485 e. The standard InChI is InChI=1S/C30H27FN2O4/c31-27-14-11-23(12-15-27)18-32-30(34)22-37-33-19-26-13-16-28(35-20-24-7-3-1-4-8-24)29(17-26)36-21-25-9-5-2-6-10-25/h1-17,19H,18,20-22H2,(H,32,34)/b33-19+. The normalized spacial score (nSPS) is 10.7. The molecule has 37 heavy (non-hydrogen) atoms. The molecule has 188 valence electrons. The Morgan fingerprint density at radius 1 is 0.757 bits per heavy atom. The number of hydrogen-bond donors (Lipinski definition) is 1. The zero-order valence-corrected chi connectivity index (χ0v) is 20.2. The Bertz CT molecular complexity index is 1300. The van der Waals surface area contributed by atoms with Gasteiger partial charge in [0.2, 0.25) is 0 Å². The summed E-state index contributed by atoms with van der Waals surface area (Å²) in [5.41, 5.74) is 3.59. The van der Waals surface area contributed by atoms with Gasteiger partial charge in [-0.3, -0.25) is 4.79 Å². The first-order valence-corrected chi connectivity index (χ1v) is 11.8. The van der Waals surface area contributed by atoms with E-state index in [1.807, 2.05) is 78.9 Å². The van der Waals surface area contributed by atoms with Crippen molar-refractivity contribution in [3.05, 3.63) is 131 Å². The number of oxime groups is 1. The van der Waals surface area contributed by atoms with E-state index in [-0.39, 0.29) is 24.9 Å². The first-order chi connectivity index (χ1) is 18.2. The molecular formula is C30H27FN2O4. The van der Waals surface area contributed by atoms with Gasteiger partial charge in [0, 0.05) is 12.1 Å². The van der Waals surface area contributed by atoms with Gasteiger partial charge < -0.3 is 19.6 Å². The molecule has 0 radical (unpaired) electrons. The lowest BCUT2D eigenvalue weighted by molar-refractivity contribution is -0.125. The molecule has 0 unspecified atom stereocenters. The average Bonchev–Trinajstić information content (AvgIpc) is 2.94. The molecular weight excluding hydrogens is 471 g/mol. The molecule has 0 aliphatic carbocycles. The number of ether oxygens (including phenoxy) is 2. The van der Waals surface area contributed by atoms with Crippen molar-refractivity contribution in [1.82, 2.24) is 5.32 Å².